The van der Waals surface area contributed by atoms with Crippen molar-refractivity contribution < 1.29 is 23.0 Å². The zero-order chi connectivity index (χ0) is 16.1. The number of methoxy groups -OCH3 is 1. The van der Waals surface area contributed by atoms with Crippen LogP contribution in [0.25, 0.3) is 11.3 Å². The summed E-state index contributed by atoms with van der Waals surface area (Å²) in [5.74, 6) is 4.28. The number of aromatic nitrogens is 3. The molecule has 3 N–H and O–H groups in total. The molecular weight excluding hydrogens is 300 g/mol. The molecule has 0 saturated heterocycles. The van der Waals surface area contributed by atoms with Crippen LogP contribution in [0.15, 0.2) is 24.7 Å². The first-order valence-electron chi connectivity index (χ1n) is 5.87. The molecular formula is C12H11F2N5O3. The van der Waals surface area contributed by atoms with E-state index in [2.05, 4.69) is 19.7 Å². The summed E-state index contributed by atoms with van der Waals surface area (Å²) < 4.78 is 33.6. The molecule has 0 aromatic carbocycles. The monoisotopic (exact) mass is 311 g/mol. The number of carbonyl (C=O) groups is 1. The molecule has 0 radical (unpaired) electrons. The highest BCUT2D eigenvalue weighted by Gasteiger charge is 2.15. The zero-order valence-corrected chi connectivity index (χ0v) is 11.3. The summed E-state index contributed by atoms with van der Waals surface area (Å²) in [6.45, 7) is -3.00. The second-order valence-corrected chi connectivity index (χ2v) is 3.86. The van der Waals surface area contributed by atoms with E-state index in [0.29, 0.717) is 5.56 Å². The molecule has 0 atom stereocenters. The first kappa shape index (κ1) is 15.5. The Bertz CT molecular complexity index is 684. The molecule has 0 aliphatic carbocycles. The van der Waals surface area contributed by atoms with Crippen LogP contribution in [0, 0.1) is 0 Å². The number of hydrogen-bond acceptors (Lipinski definition) is 7. The number of nitrogen functional groups attached to an aromatic ring is 1. The van der Waals surface area contributed by atoms with Crippen LogP contribution in [0.2, 0.25) is 0 Å². The van der Waals surface area contributed by atoms with Crippen LogP contribution in [-0.4, -0.2) is 34.6 Å². The number of amides is 1. The number of nitrogens with one attached hydrogen (secondary N) is 1. The topological polar surface area (TPSA) is 112 Å². The lowest BCUT2D eigenvalue weighted by Crippen LogP contribution is -2.30. The van der Waals surface area contributed by atoms with Crippen molar-refractivity contribution in [3.05, 3.63) is 30.4 Å². The van der Waals surface area contributed by atoms with Gasteiger partial charge in [0.2, 0.25) is 5.88 Å². The maximum Gasteiger partial charge on any atom is 0.388 e. The van der Waals surface area contributed by atoms with E-state index in [1.54, 1.807) is 0 Å². The molecule has 2 aromatic heterocycles. The predicted molar refractivity (Wildman–Crippen MR) is 70.1 cm³/mol. The molecule has 10 heteroatoms. The van der Waals surface area contributed by atoms with Crippen molar-refractivity contribution in [2.45, 2.75) is 6.61 Å². The van der Waals surface area contributed by atoms with E-state index >= 15 is 0 Å². The van der Waals surface area contributed by atoms with Crippen molar-refractivity contribution in [3.8, 4) is 22.9 Å². The van der Waals surface area contributed by atoms with E-state index in [1.807, 2.05) is 5.43 Å². The SMILES string of the molecule is COc1cc(OC(F)F)ncc1-c1cncc(C(=O)NN)n1. The van der Waals surface area contributed by atoms with Crippen LogP contribution < -0.4 is 20.7 Å². The number of nitrogens with zero attached hydrogens (tertiary/aromatic N) is 3. The Morgan fingerprint density at radius 3 is 2.77 bits per heavy atom. The second-order valence-electron chi connectivity index (χ2n) is 3.86. The first-order valence-corrected chi connectivity index (χ1v) is 5.87. The second kappa shape index (κ2) is 6.72. The Morgan fingerprint density at radius 1 is 1.36 bits per heavy atom. The van der Waals surface area contributed by atoms with E-state index in [9.17, 15) is 13.6 Å². The molecule has 2 rings (SSSR count). The van der Waals surface area contributed by atoms with Gasteiger partial charge in [-0.3, -0.25) is 15.2 Å². The highest BCUT2D eigenvalue weighted by Crippen LogP contribution is 2.30. The Kier molecular flexibility index (Phi) is 4.73. The van der Waals surface area contributed by atoms with Gasteiger partial charge < -0.3 is 9.47 Å². The average Bonchev–Trinajstić information content (AvgIpc) is 2.53. The summed E-state index contributed by atoms with van der Waals surface area (Å²) in [7, 11) is 1.34. The van der Waals surface area contributed by atoms with E-state index in [1.165, 1.54) is 31.8 Å². The standard InChI is InChI=1S/C12H11F2N5O3/c1-21-9-2-10(22-12(13)14)17-3-6(9)7-4-16-5-8(18-7)11(20)19-15/h2-5,12H,15H2,1H3,(H,19,20). The minimum Gasteiger partial charge on any atom is -0.496 e. The molecule has 8 nitrogen and oxygen atoms in total. The van der Waals surface area contributed by atoms with Crippen LogP contribution in [-0.2, 0) is 0 Å². The number of nitrogens with two attached hydrogens (primary N) is 1. The molecule has 0 saturated carbocycles. The third-order valence-electron chi connectivity index (χ3n) is 2.54. The molecule has 0 unspecified atom stereocenters. The molecule has 2 heterocycles. The van der Waals surface area contributed by atoms with Crippen molar-refractivity contribution >= 4 is 5.91 Å². The summed E-state index contributed by atoms with van der Waals surface area (Å²) in [5.41, 5.74) is 2.52. The molecule has 2 aromatic rings. The van der Waals surface area contributed by atoms with Gasteiger partial charge in [0.1, 0.15) is 11.4 Å². The number of carbonyl (C=O) groups excluding carboxylic acids is 1. The fourth-order valence-corrected chi connectivity index (χ4v) is 1.62. The third kappa shape index (κ3) is 3.41. The lowest BCUT2D eigenvalue weighted by molar-refractivity contribution is -0.0529. The van der Waals surface area contributed by atoms with Crippen molar-refractivity contribution in [3.63, 3.8) is 0 Å². The van der Waals surface area contributed by atoms with Crippen molar-refractivity contribution in [1.82, 2.24) is 20.4 Å². The minimum absolute atomic E-state index is 0.0186. The molecule has 22 heavy (non-hydrogen) atoms. The number of pyridine rings is 1. The molecule has 0 aliphatic heterocycles. The fraction of sp³-hybridized carbons (Fsp3) is 0.167. The Hall–Kier alpha value is -2.88. The number of hydrazine groups is 1. The van der Waals surface area contributed by atoms with Gasteiger partial charge in [0.15, 0.2) is 0 Å². The number of ether oxygens (including phenoxy) is 2. The maximum atomic E-state index is 12.2. The highest BCUT2D eigenvalue weighted by molar-refractivity contribution is 5.92. The molecule has 0 aliphatic rings. The Balaban J connectivity index is 2.41. The van der Waals surface area contributed by atoms with Gasteiger partial charge in [-0.15, -0.1) is 0 Å². The molecule has 0 spiro atoms. The summed E-state index contributed by atoms with van der Waals surface area (Å²) in [6.07, 6.45) is 3.81. The van der Waals surface area contributed by atoms with Crippen LogP contribution in [0.5, 0.6) is 11.6 Å². The van der Waals surface area contributed by atoms with Gasteiger partial charge in [0.25, 0.3) is 5.91 Å². The van der Waals surface area contributed by atoms with Crippen LogP contribution in [0.1, 0.15) is 10.5 Å². The molecule has 1 amide bonds. The lowest BCUT2D eigenvalue weighted by Gasteiger charge is -2.10. The van der Waals surface area contributed by atoms with E-state index < -0.39 is 12.5 Å². The zero-order valence-electron chi connectivity index (χ0n) is 11.3. The molecule has 116 valence electrons. The number of halogens is 2. The first-order chi connectivity index (χ1) is 10.5. The van der Waals surface area contributed by atoms with Crippen LogP contribution in [0.3, 0.4) is 0 Å². The third-order valence-corrected chi connectivity index (χ3v) is 2.54. The summed E-state index contributed by atoms with van der Waals surface area (Å²) in [5, 5.41) is 0. The van der Waals surface area contributed by atoms with Gasteiger partial charge in [0, 0.05) is 12.3 Å². The normalized spacial score (nSPS) is 10.4. The molecule has 0 bridgehead atoms. The number of rotatable bonds is 5. The van der Waals surface area contributed by atoms with Gasteiger partial charge in [0.05, 0.1) is 30.8 Å². The number of hydrogen-bond donors (Lipinski definition) is 2. The van der Waals surface area contributed by atoms with Gasteiger partial charge in [-0.05, 0) is 0 Å². The smallest absolute Gasteiger partial charge is 0.388 e. The van der Waals surface area contributed by atoms with Crippen molar-refractivity contribution in [1.29, 1.82) is 0 Å². The maximum absolute atomic E-state index is 12.2. The lowest BCUT2D eigenvalue weighted by atomic mass is 10.2. The van der Waals surface area contributed by atoms with Gasteiger partial charge >= 0.3 is 6.61 Å². The highest BCUT2D eigenvalue weighted by atomic mass is 19.3. The summed E-state index contributed by atoms with van der Waals surface area (Å²) in [4.78, 5) is 23.1. The van der Waals surface area contributed by atoms with E-state index in [-0.39, 0.29) is 23.0 Å². The van der Waals surface area contributed by atoms with Crippen LogP contribution in [0.4, 0.5) is 8.78 Å². The minimum atomic E-state index is -3.00. The molecule has 0 fully saturated rings. The van der Waals surface area contributed by atoms with Gasteiger partial charge in [-0.25, -0.2) is 15.8 Å². The van der Waals surface area contributed by atoms with Crippen molar-refractivity contribution in [2.24, 2.45) is 5.84 Å². The largest absolute Gasteiger partial charge is 0.496 e. The summed E-state index contributed by atoms with van der Waals surface area (Å²) in [6, 6.07) is 1.18. The van der Waals surface area contributed by atoms with E-state index in [0.717, 1.165) is 0 Å². The number of alkyl halides is 2. The van der Waals surface area contributed by atoms with E-state index in [4.69, 9.17) is 10.6 Å². The van der Waals surface area contributed by atoms with Gasteiger partial charge in [-0.1, -0.05) is 0 Å². The summed E-state index contributed by atoms with van der Waals surface area (Å²) >= 11 is 0. The van der Waals surface area contributed by atoms with Crippen molar-refractivity contribution in [2.75, 3.05) is 7.11 Å². The Morgan fingerprint density at radius 2 is 2.14 bits per heavy atom. The quantitative estimate of drug-likeness (QED) is 0.476. The van der Waals surface area contributed by atoms with Gasteiger partial charge in [-0.2, -0.15) is 8.78 Å². The average molecular weight is 311 g/mol. The Labute approximate surface area is 123 Å². The fourth-order valence-electron chi connectivity index (χ4n) is 1.62. The van der Waals surface area contributed by atoms with Crippen LogP contribution >= 0.6 is 0 Å². The predicted octanol–water partition coefficient (Wildman–Crippen LogP) is 0.752.